The highest BCUT2D eigenvalue weighted by Crippen LogP contribution is 2.29. The zero-order valence-electron chi connectivity index (χ0n) is 9.43. The van der Waals surface area contributed by atoms with Crippen LogP contribution in [0.25, 0.3) is 0 Å². The van der Waals surface area contributed by atoms with Gasteiger partial charge in [0.25, 0.3) is 5.69 Å². The minimum absolute atomic E-state index is 0.0357. The van der Waals surface area contributed by atoms with Crippen molar-refractivity contribution in [3.05, 3.63) is 27.8 Å². The molecule has 0 bridgehead atoms. The van der Waals surface area contributed by atoms with Gasteiger partial charge in [-0.2, -0.15) is 0 Å². The average molecular weight is 224 g/mol. The molecule has 0 radical (unpaired) electrons. The molecular formula is C10H16N4O2. The first kappa shape index (κ1) is 12.3. The highest BCUT2D eigenvalue weighted by atomic mass is 16.6. The summed E-state index contributed by atoms with van der Waals surface area (Å²) in [5.41, 5.74) is 12.6. The number of nitro groups is 1. The first-order valence-corrected chi connectivity index (χ1v) is 4.89. The zero-order valence-corrected chi connectivity index (χ0v) is 9.43. The smallest absolute Gasteiger partial charge is 0.274 e. The number of nitrogens with two attached hydrogens (primary N) is 2. The number of hydrogen-bond donors (Lipinski definition) is 2. The lowest BCUT2D eigenvalue weighted by Crippen LogP contribution is -2.17. The molecule has 6 nitrogen and oxygen atoms in total. The molecule has 0 saturated heterocycles. The second-order valence-corrected chi connectivity index (χ2v) is 3.88. The van der Waals surface area contributed by atoms with Crippen LogP contribution in [0, 0.1) is 10.1 Å². The van der Waals surface area contributed by atoms with E-state index in [9.17, 15) is 10.1 Å². The molecule has 0 aliphatic carbocycles. The third kappa shape index (κ3) is 2.60. The van der Waals surface area contributed by atoms with Crippen LogP contribution >= 0.6 is 0 Å². The van der Waals surface area contributed by atoms with Crippen LogP contribution in [-0.2, 0) is 6.42 Å². The molecular weight excluding hydrogens is 208 g/mol. The maximum absolute atomic E-state index is 10.8. The van der Waals surface area contributed by atoms with Gasteiger partial charge in [-0.05, 0) is 26.6 Å². The van der Waals surface area contributed by atoms with Crippen LogP contribution in [0.3, 0.4) is 0 Å². The van der Waals surface area contributed by atoms with Gasteiger partial charge in [-0.15, -0.1) is 0 Å². The van der Waals surface area contributed by atoms with Crippen LogP contribution < -0.4 is 11.5 Å². The Kier molecular flexibility index (Phi) is 3.68. The second kappa shape index (κ2) is 4.80. The standard InChI is InChI=1S/C10H16N4O2/c1-13(2)6-5-7-9(14(15)16)4-3-8(11)10(7)12/h3-4H,5-6,11-12H2,1-2H3. The highest BCUT2D eigenvalue weighted by Gasteiger charge is 2.17. The number of hydrogen-bond acceptors (Lipinski definition) is 5. The maximum Gasteiger partial charge on any atom is 0.274 e. The van der Waals surface area contributed by atoms with Crippen molar-refractivity contribution in [1.29, 1.82) is 0 Å². The Morgan fingerprint density at radius 1 is 1.38 bits per heavy atom. The van der Waals surface area contributed by atoms with Crippen molar-refractivity contribution < 1.29 is 4.92 Å². The monoisotopic (exact) mass is 224 g/mol. The Balaban J connectivity index is 3.11. The summed E-state index contributed by atoms with van der Waals surface area (Å²) in [6.45, 7) is 0.689. The van der Waals surface area contributed by atoms with Gasteiger partial charge in [0.15, 0.2) is 0 Å². The van der Waals surface area contributed by atoms with Gasteiger partial charge in [0, 0.05) is 12.6 Å². The first-order valence-electron chi connectivity index (χ1n) is 4.89. The third-order valence-electron chi connectivity index (χ3n) is 2.37. The summed E-state index contributed by atoms with van der Waals surface area (Å²) in [4.78, 5) is 12.3. The number of rotatable bonds is 4. The fraction of sp³-hybridized carbons (Fsp3) is 0.400. The Morgan fingerprint density at radius 3 is 2.50 bits per heavy atom. The summed E-state index contributed by atoms with van der Waals surface area (Å²) in [6.07, 6.45) is 0.514. The zero-order chi connectivity index (χ0) is 12.3. The topological polar surface area (TPSA) is 98.4 Å². The number of nitrogens with zero attached hydrogens (tertiary/aromatic N) is 2. The Morgan fingerprint density at radius 2 is 2.00 bits per heavy atom. The molecule has 6 heteroatoms. The predicted octanol–water partition coefficient (Wildman–Crippen LogP) is 0.863. The summed E-state index contributed by atoms with van der Waals surface area (Å²) in [6, 6.07) is 2.86. The Bertz CT molecular complexity index is 404. The minimum atomic E-state index is -0.430. The largest absolute Gasteiger partial charge is 0.397 e. The Hall–Kier alpha value is -1.82. The van der Waals surface area contributed by atoms with E-state index in [0.29, 0.717) is 29.9 Å². The molecule has 0 atom stereocenters. The van der Waals surface area contributed by atoms with Gasteiger partial charge in [-0.1, -0.05) is 0 Å². The van der Waals surface area contributed by atoms with Gasteiger partial charge in [-0.25, -0.2) is 0 Å². The van der Waals surface area contributed by atoms with Crippen molar-refractivity contribution in [3.8, 4) is 0 Å². The van der Waals surface area contributed by atoms with Crippen LogP contribution in [0.5, 0.6) is 0 Å². The van der Waals surface area contributed by atoms with Crippen LogP contribution in [0.15, 0.2) is 12.1 Å². The molecule has 0 aliphatic heterocycles. The molecule has 0 heterocycles. The normalized spacial score (nSPS) is 10.7. The van der Waals surface area contributed by atoms with E-state index in [1.807, 2.05) is 19.0 Å². The molecule has 0 aromatic heterocycles. The van der Waals surface area contributed by atoms with Crippen molar-refractivity contribution in [3.63, 3.8) is 0 Å². The summed E-state index contributed by atoms with van der Waals surface area (Å²) < 4.78 is 0. The lowest BCUT2D eigenvalue weighted by Gasteiger charge is -2.12. The molecule has 0 spiro atoms. The summed E-state index contributed by atoms with van der Waals surface area (Å²) in [5.74, 6) is 0. The molecule has 1 aromatic rings. The van der Waals surface area contributed by atoms with E-state index in [0.717, 1.165) is 0 Å². The molecule has 0 saturated carbocycles. The molecule has 16 heavy (non-hydrogen) atoms. The minimum Gasteiger partial charge on any atom is -0.397 e. The highest BCUT2D eigenvalue weighted by molar-refractivity contribution is 5.72. The van der Waals surface area contributed by atoms with Crippen molar-refractivity contribution in [1.82, 2.24) is 4.90 Å². The fourth-order valence-corrected chi connectivity index (χ4v) is 1.44. The van der Waals surface area contributed by atoms with E-state index >= 15 is 0 Å². The summed E-state index contributed by atoms with van der Waals surface area (Å²) in [5, 5.41) is 10.8. The summed E-state index contributed by atoms with van der Waals surface area (Å²) in [7, 11) is 3.79. The van der Waals surface area contributed by atoms with Gasteiger partial charge >= 0.3 is 0 Å². The predicted molar refractivity (Wildman–Crippen MR) is 64.2 cm³/mol. The fourth-order valence-electron chi connectivity index (χ4n) is 1.44. The van der Waals surface area contributed by atoms with Gasteiger partial charge < -0.3 is 16.4 Å². The molecule has 1 aromatic carbocycles. The van der Waals surface area contributed by atoms with Crippen molar-refractivity contribution in [2.75, 3.05) is 32.1 Å². The van der Waals surface area contributed by atoms with E-state index in [1.165, 1.54) is 12.1 Å². The third-order valence-corrected chi connectivity index (χ3v) is 2.37. The first-order chi connectivity index (χ1) is 7.43. The molecule has 0 fully saturated rings. The lowest BCUT2D eigenvalue weighted by atomic mass is 10.1. The van der Waals surface area contributed by atoms with Gasteiger partial charge in [0.1, 0.15) is 0 Å². The van der Waals surface area contributed by atoms with E-state index < -0.39 is 4.92 Å². The van der Waals surface area contributed by atoms with Crippen LogP contribution in [-0.4, -0.2) is 30.5 Å². The van der Waals surface area contributed by atoms with E-state index in [4.69, 9.17) is 11.5 Å². The van der Waals surface area contributed by atoms with Gasteiger partial charge in [0.05, 0.1) is 21.9 Å². The van der Waals surface area contributed by atoms with Crippen LogP contribution in [0.2, 0.25) is 0 Å². The second-order valence-electron chi connectivity index (χ2n) is 3.88. The SMILES string of the molecule is CN(C)CCc1c([N+](=O)[O-])ccc(N)c1N. The number of likely N-dealkylation sites (N-methyl/N-ethyl adjacent to an activating group) is 1. The maximum atomic E-state index is 10.8. The van der Waals surface area contributed by atoms with Gasteiger partial charge in [-0.3, -0.25) is 10.1 Å². The quantitative estimate of drug-likeness (QED) is 0.449. The van der Waals surface area contributed by atoms with Crippen molar-refractivity contribution in [2.24, 2.45) is 0 Å². The summed E-state index contributed by atoms with van der Waals surface area (Å²) >= 11 is 0. The van der Waals surface area contributed by atoms with E-state index in [-0.39, 0.29) is 5.69 Å². The van der Waals surface area contributed by atoms with Crippen LogP contribution in [0.4, 0.5) is 17.1 Å². The molecule has 1 rings (SSSR count). The molecule has 0 unspecified atom stereocenters. The number of nitro benzene ring substituents is 1. The van der Waals surface area contributed by atoms with Crippen LogP contribution in [0.1, 0.15) is 5.56 Å². The molecule has 0 aliphatic rings. The average Bonchev–Trinajstić information content (AvgIpc) is 2.19. The van der Waals surface area contributed by atoms with Crippen molar-refractivity contribution >= 4 is 17.1 Å². The van der Waals surface area contributed by atoms with Gasteiger partial charge in [0.2, 0.25) is 0 Å². The lowest BCUT2D eigenvalue weighted by molar-refractivity contribution is -0.385. The number of anilines is 2. The van der Waals surface area contributed by atoms with Crippen molar-refractivity contribution in [2.45, 2.75) is 6.42 Å². The molecule has 0 amide bonds. The number of benzene rings is 1. The Labute approximate surface area is 94.0 Å². The molecule has 4 N–H and O–H groups in total. The van der Waals surface area contributed by atoms with E-state index in [1.54, 1.807) is 0 Å². The number of nitrogen functional groups attached to an aromatic ring is 2. The molecule has 88 valence electrons. The van der Waals surface area contributed by atoms with E-state index in [2.05, 4.69) is 0 Å².